The van der Waals surface area contributed by atoms with E-state index >= 15 is 0 Å². The molecule has 0 amide bonds. The number of nitrogens with zero attached hydrogens (tertiary/aromatic N) is 1. The fourth-order valence-corrected chi connectivity index (χ4v) is 5.43. The van der Waals surface area contributed by atoms with Gasteiger partial charge in [-0.3, -0.25) is 0 Å². The van der Waals surface area contributed by atoms with Gasteiger partial charge in [0.05, 0.1) is 10.9 Å². The standard InChI is InChI=1S/C19H25NO3S/c1-15-10-12-17(13-11-15)24(21,22)20-18(9-6-14-23-2)19(20)16-7-4-3-5-8-16/h10-13,16,18-19H,3-5,7-8,14H2,1-2H3/t18-,19+,20?/m0/s1. The molecule has 3 atom stereocenters. The third-order valence-electron chi connectivity index (χ3n) is 5.00. The lowest BCUT2D eigenvalue weighted by molar-refractivity contribution is 0.239. The second-order valence-corrected chi connectivity index (χ2v) is 8.58. The predicted octanol–water partition coefficient (Wildman–Crippen LogP) is 2.97. The number of aryl methyl sites for hydroxylation is 1. The average Bonchev–Trinajstić information content (AvgIpc) is 3.31. The molecule has 0 bridgehead atoms. The third kappa shape index (κ3) is 3.51. The number of benzene rings is 1. The maximum absolute atomic E-state index is 13.0. The van der Waals surface area contributed by atoms with E-state index in [1.165, 1.54) is 19.3 Å². The molecule has 2 fully saturated rings. The topological polar surface area (TPSA) is 46.4 Å². The van der Waals surface area contributed by atoms with E-state index in [9.17, 15) is 8.42 Å². The fraction of sp³-hybridized carbons (Fsp3) is 0.579. The molecular weight excluding hydrogens is 322 g/mol. The Labute approximate surface area is 145 Å². The highest BCUT2D eigenvalue weighted by Crippen LogP contribution is 2.44. The maximum atomic E-state index is 13.0. The second kappa shape index (κ2) is 7.26. The predicted molar refractivity (Wildman–Crippen MR) is 94.0 cm³/mol. The van der Waals surface area contributed by atoms with Crippen molar-refractivity contribution < 1.29 is 13.2 Å². The summed E-state index contributed by atoms with van der Waals surface area (Å²) >= 11 is 0. The Bertz CT molecular complexity index is 724. The summed E-state index contributed by atoms with van der Waals surface area (Å²) in [6.45, 7) is 2.30. The molecule has 1 aliphatic heterocycles. The van der Waals surface area contributed by atoms with Crippen molar-refractivity contribution in [3.05, 3.63) is 29.8 Å². The van der Waals surface area contributed by atoms with Gasteiger partial charge in [0.15, 0.2) is 0 Å². The van der Waals surface area contributed by atoms with Gasteiger partial charge in [0.1, 0.15) is 12.6 Å². The van der Waals surface area contributed by atoms with Crippen LogP contribution < -0.4 is 0 Å². The van der Waals surface area contributed by atoms with E-state index in [-0.39, 0.29) is 12.1 Å². The minimum atomic E-state index is -3.48. The molecule has 0 aromatic heterocycles. The van der Waals surface area contributed by atoms with Gasteiger partial charge in [-0.05, 0) is 37.8 Å². The number of methoxy groups -OCH3 is 1. The minimum Gasteiger partial charge on any atom is -0.372 e. The number of sulfonamides is 1. The summed E-state index contributed by atoms with van der Waals surface area (Å²) in [5, 5.41) is 0. The van der Waals surface area contributed by atoms with Crippen LogP contribution in [0.15, 0.2) is 29.2 Å². The lowest BCUT2D eigenvalue weighted by Gasteiger charge is -2.21. The highest BCUT2D eigenvalue weighted by atomic mass is 32.2. The highest BCUT2D eigenvalue weighted by molar-refractivity contribution is 7.89. The van der Waals surface area contributed by atoms with E-state index in [2.05, 4.69) is 11.8 Å². The summed E-state index contributed by atoms with van der Waals surface area (Å²) in [5.41, 5.74) is 1.06. The molecule has 1 saturated carbocycles. The number of rotatable bonds is 4. The van der Waals surface area contributed by atoms with E-state index in [0.29, 0.717) is 17.4 Å². The molecule has 1 aliphatic carbocycles. The van der Waals surface area contributed by atoms with Crippen molar-refractivity contribution in [2.24, 2.45) is 5.92 Å². The Morgan fingerprint density at radius 3 is 2.46 bits per heavy atom. The van der Waals surface area contributed by atoms with Gasteiger partial charge in [0.25, 0.3) is 0 Å². The zero-order chi connectivity index (χ0) is 17.2. The fourth-order valence-electron chi connectivity index (χ4n) is 3.68. The Morgan fingerprint density at radius 1 is 1.17 bits per heavy atom. The van der Waals surface area contributed by atoms with E-state index in [1.807, 2.05) is 19.1 Å². The van der Waals surface area contributed by atoms with Gasteiger partial charge >= 0.3 is 0 Å². The van der Waals surface area contributed by atoms with Crippen molar-refractivity contribution in [1.82, 2.24) is 4.31 Å². The van der Waals surface area contributed by atoms with Crippen LogP contribution in [0.2, 0.25) is 0 Å². The van der Waals surface area contributed by atoms with Crippen molar-refractivity contribution in [3.63, 3.8) is 0 Å². The van der Waals surface area contributed by atoms with E-state index < -0.39 is 10.0 Å². The largest absolute Gasteiger partial charge is 0.372 e. The quantitative estimate of drug-likeness (QED) is 0.621. The molecule has 0 N–H and O–H groups in total. The Hall–Kier alpha value is -1.35. The molecule has 0 spiro atoms. The summed E-state index contributed by atoms with van der Waals surface area (Å²) < 4.78 is 32.7. The first kappa shape index (κ1) is 17.5. The number of ether oxygens (including phenoxy) is 1. The van der Waals surface area contributed by atoms with E-state index in [1.54, 1.807) is 23.5 Å². The molecule has 4 nitrogen and oxygen atoms in total. The van der Waals surface area contributed by atoms with Gasteiger partial charge < -0.3 is 4.74 Å². The van der Waals surface area contributed by atoms with Crippen LogP contribution in [0.4, 0.5) is 0 Å². The molecule has 1 unspecified atom stereocenters. The van der Waals surface area contributed by atoms with Crippen LogP contribution in [-0.2, 0) is 14.8 Å². The SMILES string of the molecule is COCC#C[C@H]1[C@@H](C2CCCCC2)N1S(=O)(=O)c1ccc(C)cc1. The molecule has 3 rings (SSSR count). The molecule has 5 heteroatoms. The molecule has 1 heterocycles. The first-order valence-electron chi connectivity index (χ1n) is 8.63. The summed E-state index contributed by atoms with van der Waals surface area (Å²) in [6, 6.07) is 6.91. The van der Waals surface area contributed by atoms with Gasteiger partial charge in [-0.25, -0.2) is 8.42 Å². The maximum Gasteiger partial charge on any atom is 0.244 e. The lowest BCUT2D eigenvalue weighted by Crippen LogP contribution is -2.21. The summed E-state index contributed by atoms with van der Waals surface area (Å²) in [5.74, 6) is 6.50. The van der Waals surface area contributed by atoms with Crippen molar-refractivity contribution in [3.8, 4) is 11.8 Å². The average molecular weight is 347 g/mol. The van der Waals surface area contributed by atoms with Crippen LogP contribution >= 0.6 is 0 Å². The highest BCUT2D eigenvalue weighted by Gasteiger charge is 2.58. The van der Waals surface area contributed by atoms with Gasteiger partial charge in [-0.1, -0.05) is 48.8 Å². The molecule has 1 aromatic rings. The zero-order valence-corrected chi connectivity index (χ0v) is 15.2. The smallest absolute Gasteiger partial charge is 0.244 e. The normalized spacial score (nSPS) is 27.3. The van der Waals surface area contributed by atoms with Crippen LogP contribution in [0, 0.1) is 24.7 Å². The Morgan fingerprint density at radius 2 is 1.83 bits per heavy atom. The van der Waals surface area contributed by atoms with Gasteiger partial charge in [-0.15, -0.1) is 0 Å². The molecule has 1 aromatic carbocycles. The van der Waals surface area contributed by atoms with Crippen LogP contribution in [0.3, 0.4) is 0 Å². The minimum absolute atomic E-state index is 0.0287. The first-order chi connectivity index (χ1) is 11.6. The van der Waals surface area contributed by atoms with Crippen LogP contribution in [-0.4, -0.2) is 38.5 Å². The molecule has 0 radical (unpaired) electrons. The molecule has 24 heavy (non-hydrogen) atoms. The van der Waals surface area contributed by atoms with Crippen LogP contribution in [0.1, 0.15) is 37.7 Å². The Balaban J connectivity index is 1.85. The molecule has 130 valence electrons. The number of hydrogen-bond acceptors (Lipinski definition) is 3. The van der Waals surface area contributed by atoms with Crippen LogP contribution in [0.25, 0.3) is 0 Å². The van der Waals surface area contributed by atoms with Crippen molar-refractivity contribution in [2.45, 2.75) is 56.0 Å². The molecule has 2 aliphatic rings. The summed E-state index contributed by atoms with van der Waals surface area (Å²) in [6.07, 6.45) is 5.85. The van der Waals surface area contributed by atoms with Crippen molar-refractivity contribution in [1.29, 1.82) is 0 Å². The summed E-state index contributed by atoms with van der Waals surface area (Å²) in [7, 11) is -1.88. The second-order valence-electron chi connectivity index (χ2n) is 6.74. The monoisotopic (exact) mass is 347 g/mol. The molecular formula is C19H25NO3S. The van der Waals surface area contributed by atoms with E-state index in [0.717, 1.165) is 18.4 Å². The van der Waals surface area contributed by atoms with Crippen molar-refractivity contribution >= 4 is 10.0 Å². The number of hydrogen-bond donors (Lipinski definition) is 0. The zero-order valence-electron chi connectivity index (χ0n) is 14.4. The van der Waals surface area contributed by atoms with Crippen LogP contribution in [0.5, 0.6) is 0 Å². The third-order valence-corrected chi connectivity index (χ3v) is 6.89. The van der Waals surface area contributed by atoms with E-state index in [4.69, 9.17) is 4.74 Å². The van der Waals surface area contributed by atoms with Crippen molar-refractivity contribution in [2.75, 3.05) is 13.7 Å². The van der Waals surface area contributed by atoms with Gasteiger partial charge in [0.2, 0.25) is 10.0 Å². The van der Waals surface area contributed by atoms with Gasteiger partial charge in [0, 0.05) is 7.11 Å². The summed E-state index contributed by atoms with van der Waals surface area (Å²) in [4.78, 5) is 0.366. The Kier molecular flexibility index (Phi) is 5.29. The first-order valence-corrected chi connectivity index (χ1v) is 10.1. The van der Waals surface area contributed by atoms with Gasteiger partial charge in [-0.2, -0.15) is 4.31 Å². The molecule has 1 saturated heterocycles. The lowest BCUT2D eigenvalue weighted by atomic mass is 9.86.